The summed E-state index contributed by atoms with van der Waals surface area (Å²) in [5.41, 5.74) is 5.43. The predicted octanol–water partition coefficient (Wildman–Crippen LogP) is 2.84. The van der Waals surface area contributed by atoms with E-state index in [9.17, 15) is 14.7 Å². The topological polar surface area (TPSA) is 78.5 Å². The molecular formula is C33H32LiNO4S. The summed E-state index contributed by atoms with van der Waals surface area (Å²) >= 11 is 1.53. The van der Waals surface area contributed by atoms with Crippen LogP contribution in [0.2, 0.25) is 0 Å². The summed E-state index contributed by atoms with van der Waals surface area (Å²) in [6, 6.07) is 30.4. The standard InChI is InChI=1S/C33H33NO4S.Li/c1-23-9-6-7-14-28(23)30-22-25(17-18-29(30)32(35)34-31(33(36)37)19-20-39-2)16-15-24-10-8-13-27(21-24)38-26-11-4-3-5-12-26;/h3-14,17-18,21-22,31H,15-16,19-20H2,1-2H3,(H,34,35)(H,36,37);/q;+1/p-1. The molecule has 0 aliphatic carbocycles. The fourth-order valence-electron chi connectivity index (χ4n) is 4.44. The van der Waals surface area contributed by atoms with Crippen LogP contribution in [-0.4, -0.2) is 29.9 Å². The van der Waals surface area contributed by atoms with Gasteiger partial charge in [0.05, 0.1) is 12.0 Å². The van der Waals surface area contributed by atoms with Gasteiger partial charge < -0.3 is 20.0 Å². The first-order chi connectivity index (χ1) is 18.9. The molecule has 1 N–H and O–H groups in total. The molecule has 40 heavy (non-hydrogen) atoms. The molecule has 200 valence electrons. The fraction of sp³-hybridized carbons (Fsp3) is 0.212. The summed E-state index contributed by atoms with van der Waals surface area (Å²) in [6.07, 6.45) is 3.77. The van der Waals surface area contributed by atoms with Gasteiger partial charge in [0.2, 0.25) is 0 Å². The SMILES string of the molecule is CSCCC(NC(=O)c1ccc(CCc2cccc(Oc3ccccc3)c2)cc1-c1ccccc1C)C(=O)[O-].[Li+]. The van der Waals surface area contributed by atoms with E-state index < -0.39 is 17.9 Å². The van der Waals surface area contributed by atoms with E-state index in [4.69, 9.17) is 4.74 Å². The van der Waals surface area contributed by atoms with Gasteiger partial charge >= 0.3 is 18.9 Å². The third-order valence-electron chi connectivity index (χ3n) is 6.54. The van der Waals surface area contributed by atoms with E-state index >= 15 is 0 Å². The number of aliphatic carboxylic acids is 1. The van der Waals surface area contributed by atoms with E-state index in [1.54, 1.807) is 6.07 Å². The van der Waals surface area contributed by atoms with Crippen LogP contribution >= 0.6 is 11.8 Å². The molecule has 4 aromatic rings. The second-order valence-electron chi connectivity index (χ2n) is 9.38. The van der Waals surface area contributed by atoms with Gasteiger partial charge in [-0.15, -0.1) is 0 Å². The molecule has 0 spiro atoms. The second kappa shape index (κ2) is 15.4. The van der Waals surface area contributed by atoms with Crippen LogP contribution in [0, 0.1) is 6.92 Å². The van der Waals surface area contributed by atoms with E-state index in [0.29, 0.717) is 17.7 Å². The zero-order valence-corrected chi connectivity index (χ0v) is 24.0. The third-order valence-corrected chi connectivity index (χ3v) is 7.19. The van der Waals surface area contributed by atoms with Crippen molar-refractivity contribution in [3.8, 4) is 22.6 Å². The Morgan fingerprint density at radius 1 is 0.825 bits per heavy atom. The molecule has 7 heteroatoms. The monoisotopic (exact) mass is 545 g/mol. The van der Waals surface area contributed by atoms with Crippen LogP contribution in [0.15, 0.2) is 97.1 Å². The number of benzene rings is 4. The average Bonchev–Trinajstić information content (AvgIpc) is 2.95. The number of hydrogen-bond acceptors (Lipinski definition) is 5. The first-order valence-electron chi connectivity index (χ1n) is 13.0. The van der Waals surface area contributed by atoms with Crippen molar-refractivity contribution in [1.82, 2.24) is 5.32 Å². The summed E-state index contributed by atoms with van der Waals surface area (Å²) in [5.74, 6) is 0.502. The smallest absolute Gasteiger partial charge is 0.548 e. The zero-order chi connectivity index (χ0) is 27.6. The Labute approximate surface area is 252 Å². The first kappa shape index (κ1) is 31.1. The number of amides is 1. The maximum atomic E-state index is 13.3. The van der Waals surface area contributed by atoms with Crippen molar-refractivity contribution >= 4 is 23.6 Å². The van der Waals surface area contributed by atoms with Crippen LogP contribution in [0.25, 0.3) is 11.1 Å². The van der Waals surface area contributed by atoms with Crippen molar-refractivity contribution in [2.45, 2.75) is 32.2 Å². The number of carbonyl (C=O) groups is 2. The Kier molecular flexibility index (Phi) is 12.0. The second-order valence-corrected chi connectivity index (χ2v) is 10.4. The van der Waals surface area contributed by atoms with E-state index in [2.05, 4.69) is 11.4 Å². The summed E-state index contributed by atoms with van der Waals surface area (Å²) in [7, 11) is 0. The minimum absolute atomic E-state index is 0. The number of carbonyl (C=O) groups excluding carboxylic acids is 2. The first-order valence-corrected chi connectivity index (χ1v) is 14.4. The molecule has 0 fully saturated rings. The minimum atomic E-state index is -1.27. The van der Waals surface area contributed by atoms with Crippen LogP contribution in [0.4, 0.5) is 0 Å². The average molecular weight is 546 g/mol. The molecule has 0 heterocycles. The van der Waals surface area contributed by atoms with Gasteiger partial charge in [0.25, 0.3) is 5.91 Å². The van der Waals surface area contributed by atoms with Crippen molar-refractivity contribution in [2.24, 2.45) is 0 Å². The Morgan fingerprint density at radius 2 is 1.50 bits per heavy atom. The molecule has 5 nitrogen and oxygen atoms in total. The largest absolute Gasteiger partial charge is 1.00 e. The van der Waals surface area contributed by atoms with Crippen LogP contribution in [0.1, 0.15) is 33.5 Å². The number of nitrogens with one attached hydrogen (secondary N) is 1. The number of rotatable bonds is 12. The maximum Gasteiger partial charge on any atom is 1.00 e. The summed E-state index contributed by atoms with van der Waals surface area (Å²) in [5, 5.41) is 14.3. The predicted molar refractivity (Wildman–Crippen MR) is 156 cm³/mol. The van der Waals surface area contributed by atoms with Crippen LogP contribution in [-0.2, 0) is 17.6 Å². The molecule has 0 saturated carbocycles. The Morgan fingerprint density at radius 3 is 2.20 bits per heavy atom. The van der Waals surface area contributed by atoms with Gasteiger partial charge in [-0.25, -0.2) is 0 Å². The summed E-state index contributed by atoms with van der Waals surface area (Å²) < 4.78 is 5.98. The molecule has 1 amide bonds. The molecule has 4 aromatic carbocycles. The van der Waals surface area contributed by atoms with E-state index in [1.165, 1.54) is 11.8 Å². The van der Waals surface area contributed by atoms with Crippen molar-refractivity contribution in [3.05, 3.63) is 119 Å². The number of aryl methyl sites for hydroxylation is 3. The van der Waals surface area contributed by atoms with Crippen LogP contribution < -0.4 is 34.0 Å². The molecule has 4 rings (SSSR count). The molecule has 0 aromatic heterocycles. The van der Waals surface area contributed by atoms with Gasteiger partial charge in [0, 0.05) is 5.56 Å². The van der Waals surface area contributed by atoms with Gasteiger partial charge in [-0.05, 0) is 96.3 Å². The van der Waals surface area contributed by atoms with Gasteiger partial charge in [-0.2, -0.15) is 11.8 Å². The molecule has 0 radical (unpaired) electrons. The number of ether oxygens (including phenoxy) is 1. The van der Waals surface area contributed by atoms with Gasteiger partial charge in [0.1, 0.15) is 11.5 Å². The number of para-hydroxylation sites is 1. The van der Waals surface area contributed by atoms with Gasteiger partial charge in [0.15, 0.2) is 0 Å². The number of thioether (sulfide) groups is 1. The quantitative estimate of drug-likeness (QED) is 0.277. The molecule has 0 bridgehead atoms. The molecule has 1 unspecified atom stereocenters. The molecule has 0 saturated heterocycles. The normalized spacial score (nSPS) is 11.2. The van der Waals surface area contributed by atoms with E-state index in [1.807, 2.05) is 98.1 Å². The molecular weight excluding hydrogens is 513 g/mol. The van der Waals surface area contributed by atoms with Crippen LogP contribution in [0.5, 0.6) is 11.5 Å². The summed E-state index contributed by atoms with van der Waals surface area (Å²) in [4.78, 5) is 24.9. The van der Waals surface area contributed by atoms with Crippen LogP contribution in [0.3, 0.4) is 0 Å². The van der Waals surface area contributed by atoms with Gasteiger partial charge in [-0.3, -0.25) is 4.79 Å². The number of carboxylic acids is 1. The van der Waals surface area contributed by atoms with Crippen molar-refractivity contribution in [3.63, 3.8) is 0 Å². The Hall–Kier alpha value is -3.43. The fourth-order valence-corrected chi connectivity index (χ4v) is 4.91. The van der Waals surface area contributed by atoms with Gasteiger partial charge in [-0.1, -0.05) is 66.7 Å². The van der Waals surface area contributed by atoms with Crippen molar-refractivity contribution in [2.75, 3.05) is 12.0 Å². The van der Waals surface area contributed by atoms with E-state index in [-0.39, 0.29) is 18.9 Å². The minimum Gasteiger partial charge on any atom is -0.548 e. The van der Waals surface area contributed by atoms with Crippen molar-refractivity contribution in [1.29, 1.82) is 0 Å². The Balaban J connectivity index is 0.00000441. The number of carboxylic acid groups (broad SMARTS) is 1. The molecule has 0 aliphatic heterocycles. The maximum absolute atomic E-state index is 13.3. The zero-order valence-electron chi connectivity index (χ0n) is 23.2. The molecule has 1 atom stereocenters. The third kappa shape index (κ3) is 8.53. The Bertz CT molecular complexity index is 1430. The van der Waals surface area contributed by atoms with E-state index in [0.717, 1.165) is 52.2 Å². The summed E-state index contributed by atoms with van der Waals surface area (Å²) in [6.45, 7) is 2.00. The molecule has 0 aliphatic rings. The van der Waals surface area contributed by atoms with Crippen molar-refractivity contribution < 1.29 is 38.3 Å². The number of hydrogen-bond donors (Lipinski definition) is 1.